The van der Waals surface area contributed by atoms with E-state index >= 15 is 0 Å². The van der Waals surface area contributed by atoms with Gasteiger partial charge in [-0.3, -0.25) is 0 Å². The van der Waals surface area contributed by atoms with Crippen LogP contribution in [-0.4, -0.2) is 31.1 Å². The third kappa shape index (κ3) is 3.74. The van der Waals surface area contributed by atoms with Gasteiger partial charge < -0.3 is 9.64 Å². The predicted octanol–water partition coefficient (Wildman–Crippen LogP) is 4.99. The zero-order chi connectivity index (χ0) is 15.4. The minimum absolute atomic E-state index is 0.700. The second-order valence-electron chi connectivity index (χ2n) is 6.32. The number of benzene rings is 2. The summed E-state index contributed by atoms with van der Waals surface area (Å²) in [5.74, 6) is 1.72. The first-order chi connectivity index (χ1) is 10.7. The second-order valence-corrected chi connectivity index (χ2v) is 6.73. The number of nitrogens with zero attached hydrogens (tertiary/aromatic N) is 1. The standard InChI is InChI=1S/C19H24ClNO/c1-15-9-12-21(13-10-15)11-4-14-22-19-17-6-3-2-5-16(17)7-8-18(19)20/h2-3,5-8,15H,4,9-14H2,1H3. The molecule has 2 nitrogen and oxygen atoms in total. The van der Waals surface area contributed by atoms with Gasteiger partial charge >= 0.3 is 0 Å². The minimum Gasteiger partial charge on any atom is -0.491 e. The van der Waals surface area contributed by atoms with Crippen LogP contribution >= 0.6 is 11.6 Å². The van der Waals surface area contributed by atoms with Crippen LogP contribution in [0.5, 0.6) is 5.75 Å². The van der Waals surface area contributed by atoms with Crippen LogP contribution in [0.15, 0.2) is 36.4 Å². The van der Waals surface area contributed by atoms with E-state index in [1.165, 1.54) is 31.3 Å². The molecule has 0 unspecified atom stereocenters. The molecule has 3 heteroatoms. The molecule has 0 saturated carbocycles. The van der Waals surface area contributed by atoms with E-state index in [1.54, 1.807) is 0 Å². The van der Waals surface area contributed by atoms with Gasteiger partial charge in [-0.1, -0.05) is 48.9 Å². The lowest BCUT2D eigenvalue weighted by Crippen LogP contribution is -2.34. The highest BCUT2D eigenvalue weighted by atomic mass is 35.5. The van der Waals surface area contributed by atoms with Crippen LogP contribution in [0.4, 0.5) is 0 Å². The van der Waals surface area contributed by atoms with E-state index in [0.717, 1.165) is 36.6 Å². The maximum absolute atomic E-state index is 6.31. The normalized spacial score (nSPS) is 17.0. The van der Waals surface area contributed by atoms with Crippen molar-refractivity contribution in [3.05, 3.63) is 41.4 Å². The van der Waals surface area contributed by atoms with Gasteiger partial charge in [0.25, 0.3) is 0 Å². The zero-order valence-corrected chi connectivity index (χ0v) is 14.0. The summed E-state index contributed by atoms with van der Waals surface area (Å²) in [6.45, 7) is 6.66. The highest BCUT2D eigenvalue weighted by molar-refractivity contribution is 6.33. The molecule has 1 fully saturated rings. The first kappa shape index (κ1) is 15.6. The molecule has 0 spiro atoms. The van der Waals surface area contributed by atoms with Gasteiger partial charge in [-0.15, -0.1) is 0 Å². The molecular formula is C19H24ClNO. The summed E-state index contributed by atoms with van der Waals surface area (Å²) in [6.07, 6.45) is 3.71. The molecule has 0 bridgehead atoms. The third-order valence-electron chi connectivity index (χ3n) is 4.57. The van der Waals surface area contributed by atoms with Crippen LogP contribution in [0.3, 0.4) is 0 Å². The van der Waals surface area contributed by atoms with Crippen molar-refractivity contribution in [1.29, 1.82) is 0 Å². The summed E-state index contributed by atoms with van der Waals surface area (Å²) in [7, 11) is 0. The Morgan fingerprint density at radius 2 is 1.91 bits per heavy atom. The summed E-state index contributed by atoms with van der Waals surface area (Å²) < 4.78 is 6.00. The number of piperidine rings is 1. The molecule has 0 aromatic heterocycles. The predicted molar refractivity (Wildman–Crippen MR) is 93.9 cm³/mol. The molecule has 0 amide bonds. The van der Waals surface area contributed by atoms with Crippen molar-refractivity contribution in [3.8, 4) is 5.75 Å². The smallest absolute Gasteiger partial charge is 0.145 e. The van der Waals surface area contributed by atoms with Crippen molar-refractivity contribution >= 4 is 22.4 Å². The molecular weight excluding hydrogens is 294 g/mol. The van der Waals surface area contributed by atoms with E-state index in [9.17, 15) is 0 Å². The Morgan fingerprint density at radius 1 is 1.14 bits per heavy atom. The van der Waals surface area contributed by atoms with E-state index in [-0.39, 0.29) is 0 Å². The van der Waals surface area contributed by atoms with Gasteiger partial charge in [0.15, 0.2) is 0 Å². The monoisotopic (exact) mass is 317 g/mol. The van der Waals surface area contributed by atoms with Gasteiger partial charge in [0.05, 0.1) is 11.6 Å². The Morgan fingerprint density at radius 3 is 2.73 bits per heavy atom. The lowest BCUT2D eigenvalue weighted by atomic mass is 9.99. The van der Waals surface area contributed by atoms with E-state index in [0.29, 0.717) is 5.02 Å². The highest BCUT2D eigenvalue weighted by Gasteiger charge is 2.15. The number of likely N-dealkylation sites (tertiary alicyclic amines) is 1. The molecule has 118 valence electrons. The molecule has 1 aliphatic rings. The van der Waals surface area contributed by atoms with Crippen molar-refractivity contribution in [2.24, 2.45) is 5.92 Å². The quantitative estimate of drug-likeness (QED) is 0.720. The van der Waals surface area contributed by atoms with E-state index in [2.05, 4.69) is 24.0 Å². The van der Waals surface area contributed by atoms with E-state index in [4.69, 9.17) is 16.3 Å². The summed E-state index contributed by atoms with van der Waals surface area (Å²) in [5, 5.41) is 2.97. The van der Waals surface area contributed by atoms with Gasteiger partial charge in [-0.2, -0.15) is 0 Å². The average molecular weight is 318 g/mol. The van der Waals surface area contributed by atoms with Crippen LogP contribution in [0.25, 0.3) is 10.8 Å². The largest absolute Gasteiger partial charge is 0.491 e. The lowest BCUT2D eigenvalue weighted by molar-refractivity contribution is 0.178. The first-order valence-electron chi connectivity index (χ1n) is 8.26. The van der Waals surface area contributed by atoms with Crippen molar-refractivity contribution in [2.45, 2.75) is 26.2 Å². The number of rotatable bonds is 5. The molecule has 1 aliphatic heterocycles. The van der Waals surface area contributed by atoms with Gasteiger partial charge in [0.1, 0.15) is 5.75 Å². The van der Waals surface area contributed by atoms with Gasteiger partial charge in [-0.05, 0) is 49.7 Å². The fraction of sp³-hybridized carbons (Fsp3) is 0.474. The van der Waals surface area contributed by atoms with Gasteiger partial charge in [-0.25, -0.2) is 0 Å². The first-order valence-corrected chi connectivity index (χ1v) is 8.64. The number of halogens is 1. The Bertz CT molecular complexity index is 620. The van der Waals surface area contributed by atoms with Crippen molar-refractivity contribution in [1.82, 2.24) is 4.90 Å². The van der Waals surface area contributed by atoms with E-state index < -0.39 is 0 Å². The van der Waals surface area contributed by atoms with Crippen molar-refractivity contribution in [2.75, 3.05) is 26.2 Å². The summed E-state index contributed by atoms with van der Waals surface area (Å²) in [6, 6.07) is 12.2. The molecule has 0 aliphatic carbocycles. The number of ether oxygens (including phenoxy) is 1. The van der Waals surface area contributed by atoms with Gasteiger partial charge in [0.2, 0.25) is 0 Å². The van der Waals surface area contributed by atoms with Crippen LogP contribution in [0.2, 0.25) is 5.02 Å². The maximum atomic E-state index is 6.31. The van der Waals surface area contributed by atoms with E-state index in [1.807, 2.05) is 24.3 Å². The Balaban J connectivity index is 1.54. The molecule has 0 atom stereocenters. The molecule has 3 rings (SSSR count). The fourth-order valence-corrected chi connectivity index (χ4v) is 3.33. The molecule has 2 aromatic carbocycles. The molecule has 1 saturated heterocycles. The van der Waals surface area contributed by atoms with Gasteiger partial charge in [0, 0.05) is 11.9 Å². The Kier molecular flexibility index (Phi) is 5.22. The topological polar surface area (TPSA) is 12.5 Å². The molecule has 1 heterocycles. The molecule has 0 radical (unpaired) electrons. The van der Waals surface area contributed by atoms with Crippen LogP contribution in [0.1, 0.15) is 26.2 Å². The number of hydrogen-bond donors (Lipinski definition) is 0. The third-order valence-corrected chi connectivity index (χ3v) is 4.87. The number of fused-ring (bicyclic) bond motifs is 1. The Labute approximate surface area is 138 Å². The highest BCUT2D eigenvalue weighted by Crippen LogP contribution is 2.33. The molecule has 0 N–H and O–H groups in total. The SMILES string of the molecule is CC1CCN(CCCOc2c(Cl)ccc3ccccc23)CC1. The summed E-state index contributed by atoms with van der Waals surface area (Å²) in [4.78, 5) is 2.55. The summed E-state index contributed by atoms with van der Waals surface area (Å²) >= 11 is 6.31. The number of hydrogen-bond acceptors (Lipinski definition) is 2. The average Bonchev–Trinajstić information content (AvgIpc) is 2.55. The minimum atomic E-state index is 0.700. The van der Waals surface area contributed by atoms with Crippen LogP contribution in [0, 0.1) is 5.92 Å². The maximum Gasteiger partial charge on any atom is 0.145 e. The molecule has 22 heavy (non-hydrogen) atoms. The second kappa shape index (κ2) is 7.34. The van der Waals surface area contributed by atoms with Crippen LogP contribution in [-0.2, 0) is 0 Å². The fourth-order valence-electron chi connectivity index (χ4n) is 3.11. The van der Waals surface area contributed by atoms with Crippen molar-refractivity contribution < 1.29 is 4.74 Å². The van der Waals surface area contributed by atoms with Crippen LogP contribution < -0.4 is 4.74 Å². The summed E-state index contributed by atoms with van der Waals surface area (Å²) in [5.41, 5.74) is 0. The Hall–Kier alpha value is -1.25. The lowest BCUT2D eigenvalue weighted by Gasteiger charge is -2.30. The molecule has 2 aromatic rings. The van der Waals surface area contributed by atoms with Crippen molar-refractivity contribution in [3.63, 3.8) is 0 Å². The zero-order valence-electron chi connectivity index (χ0n) is 13.2.